The predicted molar refractivity (Wildman–Crippen MR) is 72.2 cm³/mol. The fraction of sp³-hybridized carbons (Fsp3) is 0.733. The third-order valence-corrected chi connectivity index (χ3v) is 4.05. The Morgan fingerprint density at radius 2 is 2.28 bits per heavy atom. The molecule has 2 atom stereocenters. The molecule has 0 aromatic carbocycles. The van der Waals surface area contributed by atoms with Gasteiger partial charge in [0.1, 0.15) is 0 Å². The van der Waals surface area contributed by atoms with Crippen LogP contribution < -0.4 is 0 Å². The van der Waals surface area contributed by atoms with Crippen molar-refractivity contribution in [1.82, 2.24) is 4.90 Å². The summed E-state index contributed by atoms with van der Waals surface area (Å²) in [5, 5.41) is 10.1. The largest absolute Gasteiger partial charge is 0.472 e. The molecular weight excluding hydrogens is 226 g/mol. The van der Waals surface area contributed by atoms with E-state index in [1.165, 1.54) is 5.56 Å². The summed E-state index contributed by atoms with van der Waals surface area (Å²) in [6.45, 7) is 6.46. The van der Waals surface area contributed by atoms with E-state index in [1.807, 2.05) is 6.07 Å². The molecule has 1 aliphatic rings. The van der Waals surface area contributed by atoms with E-state index in [0.29, 0.717) is 11.3 Å². The maximum absolute atomic E-state index is 10.1. The third-order valence-electron chi connectivity index (χ3n) is 4.05. The number of hydrogen-bond acceptors (Lipinski definition) is 3. The third kappa shape index (κ3) is 3.59. The second-order valence-corrected chi connectivity index (χ2v) is 6.56. The van der Waals surface area contributed by atoms with Crippen LogP contribution in [0, 0.1) is 11.3 Å². The zero-order valence-electron chi connectivity index (χ0n) is 11.7. The average molecular weight is 251 g/mol. The molecule has 0 spiro atoms. The summed E-state index contributed by atoms with van der Waals surface area (Å²) in [7, 11) is 2.11. The van der Waals surface area contributed by atoms with Crippen molar-refractivity contribution in [2.45, 2.75) is 45.8 Å². The van der Waals surface area contributed by atoms with Gasteiger partial charge in [0.2, 0.25) is 0 Å². The van der Waals surface area contributed by atoms with Gasteiger partial charge >= 0.3 is 0 Å². The minimum Gasteiger partial charge on any atom is -0.472 e. The summed E-state index contributed by atoms with van der Waals surface area (Å²) in [5.74, 6) is 0.394. The van der Waals surface area contributed by atoms with E-state index in [1.54, 1.807) is 12.5 Å². The molecule has 18 heavy (non-hydrogen) atoms. The van der Waals surface area contributed by atoms with Crippen LogP contribution >= 0.6 is 0 Å². The van der Waals surface area contributed by atoms with Crippen LogP contribution in [0.4, 0.5) is 0 Å². The molecule has 0 aliphatic heterocycles. The number of nitrogens with zero attached hydrogens (tertiary/aromatic N) is 1. The lowest BCUT2D eigenvalue weighted by molar-refractivity contribution is 0.00672. The predicted octanol–water partition coefficient (Wildman–Crippen LogP) is 2.90. The number of hydrogen-bond donors (Lipinski definition) is 1. The number of aliphatic hydroxyl groups is 1. The van der Waals surface area contributed by atoms with Crippen molar-refractivity contribution >= 4 is 0 Å². The molecule has 1 aromatic heterocycles. The fourth-order valence-electron chi connectivity index (χ4n) is 3.07. The molecule has 0 amide bonds. The molecule has 1 heterocycles. The van der Waals surface area contributed by atoms with Crippen LogP contribution in [0.25, 0.3) is 0 Å². The Morgan fingerprint density at radius 1 is 1.50 bits per heavy atom. The zero-order chi connectivity index (χ0) is 13.2. The van der Waals surface area contributed by atoms with Gasteiger partial charge in [-0.1, -0.05) is 13.8 Å². The van der Waals surface area contributed by atoms with Gasteiger partial charge in [-0.2, -0.15) is 0 Å². The van der Waals surface area contributed by atoms with E-state index in [4.69, 9.17) is 4.42 Å². The van der Waals surface area contributed by atoms with E-state index in [9.17, 15) is 5.11 Å². The summed E-state index contributed by atoms with van der Waals surface area (Å²) < 4.78 is 5.08. The van der Waals surface area contributed by atoms with Crippen LogP contribution in [0.5, 0.6) is 0 Å². The molecule has 102 valence electrons. The van der Waals surface area contributed by atoms with Gasteiger partial charge in [0.05, 0.1) is 18.6 Å². The highest BCUT2D eigenvalue weighted by molar-refractivity contribution is 5.04. The highest BCUT2D eigenvalue weighted by Gasteiger charge is 2.34. The molecule has 0 radical (unpaired) electrons. The van der Waals surface area contributed by atoms with Crippen molar-refractivity contribution in [2.75, 3.05) is 13.6 Å². The highest BCUT2D eigenvalue weighted by atomic mass is 16.3. The van der Waals surface area contributed by atoms with Crippen molar-refractivity contribution in [3.63, 3.8) is 0 Å². The lowest BCUT2D eigenvalue weighted by Crippen LogP contribution is -2.39. The fourth-order valence-corrected chi connectivity index (χ4v) is 3.07. The van der Waals surface area contributed by atoms with E-state index >= 15 is 0 Å². The molecule has 2 unspecified atom stereocenters. The van der Waals surface area contributed by atoms with Crippen molar-refractivity contribution in [3.8, 4) is 0 Å². The molecule has 1 N–H and O–H groups in total. The molecule has 0 bridgehead atoms. The second kappa shape index (κ2) is 5.45. The summed E-state index contributed by atoms with van der Waals surface area (Å²) in [6, 6.07) is 2.00. The van der Waals surface area contributed by atoms with Crippen molar-refractivity contribution in [1.29, 1.82) is 0 Å². The Kier molecular flexibility index (Phi) is 4.13. The van der Waals surface area contributed by atoms with Gasteiger partial charge in [0.25, 0.3) is 0 Å². The highest BCUT2D eigenvalue weighted by Crippen LogP contribution is 2.39. The summed E-state index contributed by atoms with van der Waals surface area (Å²) in [5.41, 5.74) is 1.57. The van der Waals surface area contributed by atoms with Gasteiger partial charge in [-0.15, -0.1) is 0 Å². The lowest BCUT2D eigenvalue weighted by Gasteiger charge is -2.40. The summed E-state index contributed by atoms with van der Waals surface area (Å²) in [4.78, 5) is 2.28. The molecule has 1 fully saturated rings. The van der Waals surface area contributed by atoms with Gasteiger partial charge in [0, 0.05) is 18.7 Å². The van der Waals surface area contributed by atoms with Crippen molar-refractivity contribution < 1.29 is 9.52 Å². The number of furan rings is 1. The monoisotopic (exact) mass is 251 g/mol. The Labute approximate surface area is 110 Å². The molecule has 0 saturated heterocycles. The van der Waals surface area contributed by atoms with E-state index < -0.39 is 0 Å². The topological polar surface area (TPSA) is 36.6 Å². The lowest BCUT2D eigenvalue weighted by atomic mass is 9.71. The van der Waals surface area contributed by atoms with E-state index in [-0.39, 0.29) is 6.10 Å². The van der Waals surface area contributed by atoms with Crippen LogP contribution in [-0.4, -0.2) is 29.7 Å². The van der Waals surface area contributed by atoms with Crippen LogP contribution in [0.15, 0.2) is 23.0 Å². The molecule has 3 heteroatoms. The van der Waals surface area contributed by atoms with Gasteiger partial charge in [0.15, 0.2) is 0 Å². The maximum Gasteiger partial charge on any atom is 0.0947 e. The Bertz CT molecular complexity index is 359. The maximum atomic E-state index is 10.1. The summed E-state index contributed by atoms with van der Waals surface area (Å²) in [6.07, 6.45) is 6.56. The van der Waals surface area contributed by atoms with E-state index in [0.717, 1.165) is 32.4 Å². The number of aliphatic hydroxyl groups excluding tert-OH is 1. The first kappa shape index (κ1) is 13.6. The molecular formula is C15H25NO2. The minimum atomic E-state index is -0.134. The molecule has 1 saturated carbocycles. The molecule has 1 aromatic rings. The van der Waals surface area contributed by atoms with Crippen LogP contribution in [0.3, 0.4) is 0 Å². The van der Waals surface area contributed by atoms with Crippen molar-refractivity contribution in [2.24, 2.45) is 11.3 Å². The minimum absolute atomic E-state index is 0.134. The zero-order valence-corrected chi connectivity index (χ0v) is 11.7. The van der Waals surface area contributed by atoms with Crippen LogP contribution in [0.2, 0.25) is 0 Å². The van der Waals surface area contributed by atoms with Crippen LogP contribution in [0.1, 0.15) is 38.7 Å². The first-order valence-electron chi connectivity index (χ1n) is 6.84. The quantitative estimate of drug-likeness (QED) is 0.894. The molecule has 3 nitrogen and oxygen atoms in total. The molecule has 2 rings (SSSR count). The Hall–Kier alpha value is -0.800. The SMILES string of the molecule is CN(Cc1ccoc1)CC1CC(C)(C)CCC1O. The van der Waals surface area contributed by atoms with Gasteiger partial charge in [-0.25, -0.2) is 0 Å². The average Bonchev–Trinajstić information content (AvgIpc) is 2.76. The van der Waals surface area contributed by atoms with E-state index in [2.05, 4.69) is 25.8 Å². The van der Waals surface area contributed by atoms with Gasteiger partial charge in [-0.3, -0.25) is 0 Å². The normalized spacial score (nSPS) is 27.6. The van der Waals surface area contributed by atoms with Crippen LogP contribution in [-0.2, 0) is 6.54 Å². The van der Waals surface area contributed by atoms with Gasteiger partial charge < -0.3 is 14.4 Å². The second-order valence-electron chi connectivity index (χ2n) is 6.56. The standard InChI is InChI=1S/C15H25NO2/c1-15(2)6-4-14(17)13(8-15)10-16(3)9-12-5-7-18-11-12/h5,7,11,13-14,17H,4,6,8-10H2,1-3H3. The summed E-state index contributed by atoms with van der Waals surface area (Å²) >= 11 is 0. The Balaban J connectivity index is 1.87. The number of rotatable bonds is 4. The first-order chi connectivity index (χ1) is 8.46. The first-order valence-corrected chi connectivity index (χ1v) is 6.84. The van der Waals surface area contributed by atoms with Gasteiger partial charge in [-0.05, 0) is 43.7 Å². The van der Waals surface area contributed by atoms with Crippen molar-refractivity contribution in [3.05, 3.63) is 24.2 Å². The Morgan fingerprint density at radius 3 is 2.94 bits per heavy atom. The smallest absolute Gasteiger partial charge is 0.0947 e. The molecule has 1 aliphatic carbocycles.